The number of hydrogen-bond donors (Lipinski definition) is 1. The molecule has 0 amide bonds. The van der Waals surface area contributed by atoms with Crippen molar-refractivity contribution >= 4 is 27.7 Å². The normalized spacial score (nSPS) is 12.7. The number of halogens is 1. The van der Waals surface area contributed by atoms with E-state index in [0.717, 1.165) is 32.7 Å². The largest absolute Gasteiger partial charge is 0.388 e. The molecule has 1 aromatic heterocycles. The number of thioether (sulfide) groups is 1. The lowest BCUT2D eigenvalue weighted by molar-refractivity contribution is 0.173. The third-order valence-corrected chi connectivity index (χ3v) is 5.11. The van der Waals surface area contributed by atoms with Crippen LogP contribution in [0.5, 0.6) is 0 Å². The Bertz CT molecular complexity index is 598. The maximum atomic E-state index is 10.5. The van der Waals surface area contributed by atoms with Crippen LogP contribution in [0.3, 0.4) is 0 Å². The molecule has 1 atom stereocenters. The van der Waals surface area contributed by atoms with Crippen molar-refractivity contribution in [3.63, 3.8) is 0 Å². The minimum Gasteiger partial charge on any atom is -0.388 e. The SMILES string of the molecule is CCc1nn(C)c(CC(O)c2ccccc2SC)c1Br. The van der Waals surface area contributed by atoms with Gasteiger partial charge in [0.25, 0.3) is 0 Å². The number of hydrogen-bond acceptors (Lipinski definition) is 3. The first-order valence-electron chi connectivity index (χ1n) is 6.59. The van der Waals surface area contributed by atoms with E-state index in [1.165, 1.54) is 0 Å². The zero-order valence-corrected chi connectivity index (χ0v) is 14.3. The summed E-state index contributed by atoms with van der Waals surface area (Å²) in [4.78, 5) is 1.12. The van der Waals surface area contributed by atoms with E-state index in [4.69, 9.17) is 0 Å². The van der Waals surface area contributed by atoms with E-state index in [-0.39, 0.29) is 0 Å². The first-order chi connectivity index (χ1) is 9.58. The zero-order chi connectivity index (χ0) is 14.7. The summed E-state index contributed by atoms with van der Waals surface area (Å²) in [7, 11) is 1.92. The van der Waals surface area contributed by atoms with Crippen molar-refractivity contribution in [2.45, 2.75) is 30.8 Å². The van der Waals surface area contributed by atoms with Gasteiger partial charge in [-0.3, -0.25) is 4.68 Å². The monoisotopic (exact) mass is 354 g/mol. The quantitative estimate of drug-likeness (QED) is 0.831. The number of benzene rings is 1. The number of nitrogens with zero attached hydrogens (tertiary/aromatic N) is 2. The van der Waals surface area contributed by atoms with Gasteiger partial charge in [0.1, 0.15) is 0 Å². The Morgan fingerprint density at radius 1 is 1.40 bits per heavy atom. The zero-order valence-electron chi connectivity index (χ0n) is 11.9. The van der Waals surface area contributed by atoms with Gasteiger partial charge in [0, 0.05) is 18.4 Å². The maximum Gasteiger partial charge on any atom is 0.0856 e. The Morgan fingerprint density at radius 3 is 2.70 bits per heavy atom. The van der Waals surface area contributed by atoms with Crippen LogP contribution in [0, 0.1) is 0 Å². The summed E-state index contributed by atoms with van der Waals surface area (Å²) in [6.07, 6.45) is 2.95. The van der Waals surface area contributed by atoms with E-state index in [9.17, 15) is 5.11 Å². The van der Waals surface area contributed by atoms with Crippen LogP contribution in [-0.2, 0) is 19.9 Å². The molecule has 20 heavy (non-hydrogen) atoms. The summed E-state index contributed by atoms with van der Waals surface area (Å²) in [5, 5.41) is 15.0. The lowest BCUT2D eigenvalue weighted by Crippen LogP contribution is -2.07. The molecule has 0 spiro atoms. The lowest BCUT2D eigenvalue weighted by Gasteiger charge is -2.15. The molecule has 0 aliphatic rings. The van der Waals surface area contributed by atoms with Gasteiger partial charge in [-0.1, -0.05) is 25.1 Å². The molecule has 2 rings (SSSR count). The topological polar surface area (TPSA) is 38.0 Å². The van der Waals surface area contributed by atoms with E-state index in [2.05, 4.69) is 28.0 Å². The second kappa shape index (κ2) is 6.78. The Balaban J connectivity index is 2.28. The van der Waals surface area contributed by atoms with E-state index < -0.39 is 6.10 Å². The predicted octanol–water partition coefficient (Wildman–Crippen LogP) is 3.74. The van der Waals surface area contributed by atoms with Crippen molar-refractivity contribution in [3.8, 4) is 0 Å². The van der Waals surface area contributed by atoms with Crippen LogP contribution in [0.25, 0.3) is 0 Å². The van der Waals surface area contributed by atoms with Crippen molar-refractivity contribution in [1.82, 2.24) is 9.78 Å². The van der Waals surface area contributed by atoms with Crippen molar-refractivity contribution in [2.75, 3.05) is 6.26 Å². The molecule has 0 radical (unpaired) electrons. The van der Waals surface area contributed by atoms with Gasteiger partial charge in [-0.2, -0.15) is 5.10 Å². The highest BCUT2D eigenvalue weighted by Gasteiger charge is 2.18. The van der Waals surface area contributed by atoms with Crippen molar-refractivity contribution in [1.29, 1.82) is 0 Å². The summed E-state index contributed by atoms with van der Waals surface area (Å²) in [5.74, 6) is 0. The molecule has 0 saturated carbocycles. The van der Waals surface area contributed by atoms with Gasteiger partial charge >= 0.3 is 0 Å². The minimum absolute atomic E-state index is 0.518. The summed E-state index contributed by atoms with van der Waals surface area (Å²) in [6.45, 7) is 2.08. The standard InChI is InChI=1S/C15H19BrN2OS/c1-4-11-15(16)12(18(2)17-11)9-13(19)10-7-5-6-8-14(10)20-3/h5-8,13,19H,4,9H2,1-3H3. The summed E-state index contributed by atoms with van der Waals surface area (Å²) >= 11 is 5.26. The van der Waals surface area contributed by atoms with Crippen LogP contribution in [0.15, 0.2) is 33.6 Å². The number of aliphatic hydroxyl groups is 1. The number of aryl methyl sites for hydroxylation is 2. The first kappa shape index (κ1) is 15.6. The van der Waals surface area contributed by atoms with Crippen molar-refractivity contribution in [2.24, 2.45) is 7.05 Å². The molecule has 1 unspecified atom stereocenters. The fourth-order valence-corrected chi connectivity index (χ4v) is 3.71. The Hall–Kier alpha value is -0.780. The second-order valence-electron chi connectivity index (χ2n) is 4.65. The summed E-state index contributed by atoms with van der Waals surface area (Å²) in [6, 6.07) is 7.99. The second-order valence-corrected chi connectivity index (χ2v) is 6.29. The van der Waals surface area contributed by atoms with Gasteiger partial charge in [0.2, 0.25) is 0 Å². The van der Waals surface area contributed by atoms with Gasteiger partial charge in [-0.25, -0.2) is 0 Å². The van der Waals surface area contributed by atoms with E-state index in [1.54, 1.807) is 11.8 Å². The Morgan fingerprint density at radius 2 is 2.10 bits per heavy atom. The third kappa shape index (κ3) is 3.10. The molecule has 0 fully saturated rings. The molecule has 0 saturated heterocycles. The molecule has 2 aromatic rings. The van der Waals surface area contributed by atoms with Gasteiger partial charge in [0.15, 0.2) is 0 Å². The molecule has 108 valence electrons. The van der Waals surface area contributed by atoms with Crippen molar-refractivity contribution in [3.05, 3.63) is 45.7 Å². The summed E-state index contributed by atoms with van der Waals surface area (Å²) < 4.78 is 2.87. The van der Waals surface area contributed by atoms with Gasteiger partial charge in [-0.15, -0.1) is 11.8 Å². The highest BCUT2D eigenvalue weighted by Crippen LogP contribution is 2.30. The van der Waals surface area contributed by atoms with Gasteiger partial charge < -0.3 is 5.11 Å². The van der Waals surface area contributed by atoms with Crippen molar-refractivity contribution < 1.29 is 5.11 Å². The summed E-state index contributed by atoms with van der Waals surface area (Å²) in [5.41, 5.74) is 3.05. The molecule has 5 heteroatoms. The first-order valence-corrected chi connectivity index (χ1v) is 8.61. The number of rotatable bonds is 5. The van der Waals surface area contributed by atoms with E-state index in [0.29, 0.717) is 6.42 Å². The van der Waals surface area contributed by atoms with Crippen LogP contribution < -0.4 is 0 Å². The maximum absolute atomic E-state index is 10.5. The fourth-order valence-electron chi connectivity index (χ4n) is 2.28. The average Bonchev–Trinajstić information content (AvgIpc) is 2.74. The van der Waals surface area contributed by atoms with Crippen LogP contribution in [0.1, 0.15) is 30.0 Å². The Labute approximate surface area is 132 Å². The molecule has 3 nitrogen and oxygen atoms in total. The van der Waals surface area contributed by atoms with E-state index >= 15 is 0 Å². The number of aliphatic hydroxyl groups excluding tert-OH is 1. The molecule has 1 aromatic carbocycles. The van der Waals surface area contributed by atoms with Gasteiger partial charge in [0.05, 0.1) is 22.0 Å². The van der Waals surface area contributed by atoms with E-state index in [1.807, 2.05) is 42.3 Å². The highest BCUT2D eigenvalue weighted by molar-refractivity contribution is 9.10. The van der Waals surface area contributed by atoms with Crippen LogP contribution in [0.2, 0.25) is 0 Å². The number of aromatic nitrogens is 2. The van der Waals surface area contributed by atoms with Crippen LogP contribution in [-0.4, -0.2) is 21.1 Å². The Kier molecular flexibility index (Phi) is 5.29. The third-order valence-electron chi connectivity index (χ3n) is 3.39. The smallest absolute Gasteiger partial charge is 0.0856 e. The molecule has 0 aliphatic carbocycles. The highest BCUT2D eigenvalue weighted by atomic mass is 79.9. The molecular weight excluding hydrogens is 336 g/mol. The molecule has 0 aliphatic heterocycles. The fraction of sp³-hybridized carbons (Fsp3) is 0.400. The lowest BCUT2D eigenvalue weighted by atomic mass is 10.0. The molecular formula is C15H19BrN2OS. The minimum atomic E-state index is -0.518. The van der Waals surface area contributed by atoms with Crippen LogP contribution in [0.4, 0.5) is 0 Å². The molecule has 1 N–H and O–H groups in total. The molecule has 1 heterocycles. The predicted molar refractivity (Wildman–Crippen MR) is 87.2 cm³/mol. The van der Waals surface area contributed by atoms with Crippen LogP contribution >= 0.6 is 27.7 Å². The molecule has 0 bridgehead atoms. The average molecular weight is 355 g/mol. The van der Waals surface area contributed by atoms with Gasteiger partial charge in [-0.05, 0) is 40.2 Å².